The zero-order chi connectivity index (χ0) is 17.7. The summed E-state index contributed by atoms with van der Waals surface area (Å²) in [6, 6.07) is -0.340. The van der Waals surface area contributed by atoms with Gasteiger partial charge in [0.2, 0.25) is 5.91 Å². The zero-order valence-corrected chi connectivity index (χ0v) is 14.7. The van der Waals surface area contributed by atoms with Gasteiger partial charge in [0.1, 0.15) is 0 Å². The third-order valence-electron chi connectivity index (χ3n) is 6.29. The van der Waals surface area contributed by atoms with Gasteiger partial charge in [0, 0.05) is 56.7 Å². The first-order chi connectivity index (χ1) is 11.9. The van der Waals surface area contributed by atoms with Gasteiger partial charge in [-0.15, -0.1) is 0 Å². The molecule has 1 amide bonds. The smallest absolute Gasteiger partial charge is 0.252 e. The van der Waals surface area contributed by atoms with Gasteiger partial charge in [0.25, 0.3) is 5.92 Å². The molecule has 2 atom stereocenters. The van der Waals surface area contributed by atoms with Crippen LogP contribution in [0.25, 0.3) is 0 Å². The summed E-state index contributed by atoms with van der Waals surface area (Å²) >= 11 is 0. The molecule has 25 heavy (non-hydrogen) atoms. The second-order valence-electron chi connectivity index (χ2n) is 8.26. The molecule has 2 heterocycles. The van der Waals surface area contributed by atoms with Gasteiger partial charge in [-0.2, -0.15) is 5.10 Å². The standard InChI is InChI=1S/C18H26F2N4O/c1-23-10-13(9-21-23)11-24-6-5-17(12-24)4-2-3-15(17)16(25)22-14-7-18(19,20)8-14/h9-10,14-15H,2-8,11-12H2,1H3,(H,22,25)/t15-,17+/m1/s1. The average molecular weight is 352 g/mol. The first-order valence-electron chi connectivity index (χ1n) is 9.23. The van der Waals surface area contributed by atoms with E-state index in [0.717, 1.165) is 45.3 Å². The molecule has 138 valence electrons. The Hall–Kier alpha value is -1.50. The lowest BCUT2D eigenvalue weighted by molar-refractivity contribution is -0.135. The largest absolute Gasteiger partial charge is 0.353 e. The molecule has 7 heteroatoms. The quantitative estimate of drug-likeness (QED) is 0.905. The Bertz CT molecular complexity index is 653. The Kier molecular flexibility index (Phi) is 4.09. The fraction of sp³-hybridized carbons (Fsp3) is 0.778. The van der Waals surface area contributed by atoms with Crippen molar-refractivity contribution in [1.82, 2.24) is 20.0 Å². The van der Waals surface area contributed by atoms with E-state index in [2.05, 4.69) is 15.3 Å². The number of likely N-dealkylation sites (tertiary alicyclic amines) is 1. The summed E-state index contributed by atoms with van der Waals surface area (Å²) in [5.41, 5.74) is 1.22. The highest BCUT2D eigenvalue weighted by Crippen LogP contribution is 2.50. The number of rotatable bonds is 4. The van der Waals surface area contributed by atoms with Gasteiger partial charge in [-0.1, -0.05) is 6.42 Å². The van der Waals surface area contributed by atoms with Crippen molar-refractivity contribution in [2.24, 2.45) is 18.4 Å². The number of hydrogen-bond donors (Lipinski definition) is 1. The molecular formula is C18H26F2N4O. The minimum Gasteiger partial charge on any atom is -0.353 e. The van der Waals surface area contributed by atoms with E-state index in [1.807, 2.05) is 19.4 Å². The maximum atomic E-state index is 13.0. The maximum Gasteiger partial charge on any atom is 0.252 e. The number of alkyl halides is 2. The highest BCUT2D eigenvalue weighted by atomic mass is 19.3. The molecule has 1 aromatic heterocycles. The molecule has 4 rings (SSSR count). The fourth-order valence-corrected chi connectivity index (χ4v) is 5.03. The highest BCUT2D eigenvalue weighted by Gasteiger charge is 2.52. The Labute approximate surface area is 146 Å². The molecule has 0 aromatic carbocycles. The van der Waals surface area contributed by atoms with Crippen molar-refractivity contribution in [2.45, 2.75) is 57.0 Å². The first kappa shape index (κ1) is 16.9. The van der Waals surface area contributed by atoms with Crippen LogP contribution < -0.4 is 5.32 Å². The van der Waals surface area contributed by atoms with Gasteiger partial charge in [-0.05, 0) is 31.2 Å². The van der Waals surface area contributed by atoms with Gasteiger partial charge in [-0.3, -0.25) is 14.4 Å². The van der Waals surface area contributed by atoms with Gasteiger partial charge >= 0.3 is 0 Å². The number of aryl methyl sites for hydroxylation is 1. The van der Waals surface area contributed by atoms with Gasteiger partial charge in [-0.25, -0.2) is 8.78 Å². The van der Waals surface area contributed by atoms with Crippen LogP contribution in [0.1, 0.15) is 44.1 Å². The lowest BCUT2D eigenvalue weighted by Crippen LogP contribution is -2.53. The van der Waals surface area contributed by atoms with Gasteiger partial charge in [0.15, 0.2) is 0 Å². The summed E-state index contributed by atoms with van der Waals surface area (Å²) in [6.45, 7) is 2.76. The molecule has 3 aliphatic rings. The summed E-state index contributed by atoms with van der Waals surface area (Å²) in [7, 11) is 1.91. The van der Waals surface area contributed by atoms with E-state index in [4.69, 9.17) is 0 Å². The molecule has 0 unspecified atom stereocenters. The van der Waals surface area contributed by atoms with E-state index >= 15 is 0 Å². The summed E-state index contributed by atoms with van der Waals surface area (Å²) in [4.78, 5) is 15.1. The van der Waals surface area contributed by atoms with Crippen molar-refractivity contribution in [3.8, 4) is 0 Å². The Morgan fingerprint density at radius 3 is 2.88 bits per heavy atom. The molecular weight excluding hydrogens is 326 g/mol. The van der Waals surface area contributed by atoms with Crippen molar-refractivity contribution in [2.75, 3.05) is 13.1 Å². The molecule has 1 spiro atoms. The van der Waals surface area contributed by atoms with Crippen LogP contribution in [0.4, 0.5) is 8.78 Å². The van der Waals surface area contributed by atoms with Crippen LogP contribution in [0.2, 0.25) is 0 Å². The SMILES string of the molecule is Cn1cc(CN2CC[C@@]3(CCC[C@@H]3C(=O)NC3CC(F)(F)C3)C2)cn1. The van der Waals surface area contributed by atoms with Crippen molar-refractivity contribution < 1.29 is 13.6 Å². The van der Waals surface area contributed by atoms with Crippen LogP contribution in [-0.2, 0) is 18.4 Å². The number of amides is 1. The molecule has 0 radical (unpaired) electrons. The van der Waals surface area contributed by atoms with Crippen molar-refractivity contribution >= 4 is 5.91 Å². The second-order valence-corrected chi connectivity index (χ2v) is 8.26. The second kappa shape index (κ2) is 6.04. The summed E-state index contributed by atoms with van der Waals surface area (Å²) < 4.78 is 27.8. The number of nitrogens with one attached hydrogen (secondary N) is 1. The number of nitrogens with zero attached hydrogens (tertiary/aromatic N) is 3. The first-order valence-corrected chi connectivity index (χ1v) is 9.23. The summed E-state index contributed by atoms with van der Waals surface area (Å²) in [5, 5.41) is 7.10. The maximum absolute atomic E-state index is 13.0. The topological polar surface area (TPSA) is 50.2 Å². The summed E-state index contributed by atoms with van der Waals surface area (Å²) in [6.07, 6.45) is 7.54. The Morgan fingerprint density at radius 1 is 1.40 bits per heavy atom. The number of aromatic nitrogens is 2. The Morgan fingerprint density at radius 2 is 2.20 bits per heavy atom. The normalized spacial score (nSPS) is 32.2. The number of carbonyl (C=O) groups is 1. The monoisotopic (exact) mass is 352 g/mol. The number of halogens is 2. The van der Waals surface area contributed by atoms with Crippen molar-refractivity contribution in [3.63, 3.8) is 0 Å². The highest BCUT2D eigenvalue weighted by molar-refractivity contribution is 5.80. The number of hydrogen-bond acceptors (Lipinski definition) is 3. The third kappa shape index (κ3) is 3.30. The minimum atomic E-state index is -2.58. The van der Waals surface area contributed by atoms with Crippen molar-refractivity contribution in [1.29, 1.82) is 0 Å². The predicted octanol–water partition coefficient (Wildman–Crippen LogP) is 2.33. The van der Waals surface area contributed by atoms with E-state index in [0.29, 0.717) is 0 Å². The summed E-state index contributed by atoms with van der Waals surface area (Å²) in [5.74, 6) is -2.61. The number of carbonyl (C=O) groups excluding carboxylic acids is 1. The minimum absolute atomic E-state index is 0.00114. The van der Waals surface area contributed by atoms with Gasteiger partial charge in [0.05, 0.1) is 6.20 Å². The lowest BCUT2D eigenvalue weighted by Gasteiger charge is -2.38. The van der Waals surface area contributed by atoms with E-state index in [1.54, 1.807) is 4.68 Å². The van der Waals surface area contributed by atoms with Crippen LogP contribution in [0.15, 0.2) is 12.4 Å². The van der Waals surface area contributed by atoms with E-state index in [-0.39, 0.29) is 36.1 Å². The zero-order valence-electron chi connectivity index (χ0n) is 14.7. The molecule has 1 aliphatic heterocycles. The fourth-order valence-electron chi connectivity index (χ4n) is 5.03. The van der Waals surface area contributed by atoms with Crippen molar-refractivity contribution in [3.05, 3.63) is 18.0 Å². The van der Waals surface area contributed by atoms with Crippen LogP contribution in [-0.4, -0.2) is 45.6 Å². The average Bonchev–Trinajstić information content (AvgIpc) is 3.20. The van der Waals surface area contributed by atoms with Gasteiger partial charge < -0.3 is 5.32 Å². The van der Waals surface area contributed by atoms with E-state index < -0.39 is 5.92 Å². The van der Waals surface area contributed by atoms with Crippen LogP contribution in [0, 0.1) is 11.3 Å². The molecule has 2 aliphatic carbocycles. The van der Waals surface area contributed by atoms with Crippen LogP contribution in [0.5, 0.6) is 0 Å². The molecule has 2 saturated carbocycles. The third-order valence-corrected chi connectivity index (χ3v) is 6.29. The molecule has 1 saturated heterocycles. The lowest BCUT2D eigenvalue weighted by atomic mass is 9.76. The van der Waals surface area contributed by atoms with E-state index in [9.17, 15) is 13.6 Å². The molecule has 1 N–H and O–H groups in total. The van der Waals surface area contributed by atoms with E-state index in [1.165, 1.54) is 5.56 Å². The molecule has 3 fully saturated rings. The molecule has 0 bridgehead atoms. The Balaban J connectivity index is 1.36. The molecule has 5 nitrogen and oxygen atoms in total. The van der Waals surface area contributed by atoms with Crippen LogP contribution in [0.3, 0.4) is 0 Å². The predicted molar refractivity (Wildman–Crippen MR) is 89.0 cm³/mol. The molecule has 1 aromatic rings. The van der Waals surface area contributed by atoms with Crippen LogP contribution >= 0.6 is 0 Å².